The van der Waals surface area contributed by atoms with Crippen LogP contribution in [-0.4, -0.2) is 24.4 Å². The molecular weight excluding hydrogens is 240 g/mol. The molecule has 19 heavy (non-hydrogen) atoms. The number of hydrogen-bond acceptors (Lipinski definition) is 4. The Labute approximate surface area is 110 Å². The lowest BCUT2D eigenvalue weighted by atomic mass is 10.3. The van der Waals surface area contributed by atoms with Crippen LogP contribution in [0.4, 0.5) is 0 Å². The summed E-state index contributed by atoms with van der Waals surface area (Å²) in [7, 11) is 0. The Hall–Kier alpha value is -2.47. The molecule has 0 saturated heterocycles. The van der Waals surface area contributed by atoms with E-state index in [1.165, 1.54) is 0 Å². The molecule has 0 atom stereocenters. The smallest absolute Gasteiger partial charge is 0.160 e. The quantitative estimate of drug-likeness (QED) is 0.746. The minimum Gasteiger partial charge on any atom is -0.306 e. The summed E-state index contributed by atoms with van der Waals surface area (Å²) in [5, 5.41) is 15.7. The van der Waals surface area contributed by atoms with Gasteiger partial charge in [-0.15, -0.1) is 10.2 Å². The monoisotopic (exact) mass is 254 g/mol. The Balaban J connectivity index is 1.64. The van der Waals surface area contributed by atoms with Crippen LogP contribution in [0.1, 0.15) is 11.4 Å². The zero-order valence-electron chi connectivity index (χ0n) is 10.4. The Morgan fingerprint density at radius 3 is 3.05 bits per heavy atom. The van der Waals surface area contributed by atoms with Gasteiger partial charge >= 0.3 is 0 Å². The van der Waals surface area contributed by atoms with Crippen molar-refractivity contribution >= 4 is 11.8 Å². The predicted octanol–water partition coefficient (Wildman–Crippen LogP) is 1.32. The molecule has 0 spiro atoms. The maximum atomic E-state index is 4.16. The molecule has 0 fully saturated rings. The molecule has 0 amide bonds. The molecule has 0 aliphatic heterocycles. The van der Waals surface area contributed by atoms with E-state index in [1.807, 2.05) is 41.2 Å². The molecule has 6 heteroatoms. The van der Waals surface area contributed by atoms with Crippen LogP contribution in [-0.2, 0) is 13.1 Å². The van der Waals surface area contributed by atoms with Gasteiger partial charge in [0, 0.05) is 30.7 Å². The summed E-state index contributed by atoms with van der Waals surface area (Å²) in [6.07, 6.45) is 7.37. The van der Waals surface area contributed by atoms with Crippen LogP contribution in [0.5, 0.6) is 0 Å². The zero-order valence-corrected chi connectivity index (χ0v) is 10.4. The molecule has 3 aromatic rings. The predicted molar refractivity (Wildman–Crippen MR) is 72.1 cm³/mol. The average Bonchev–Trinajstić information content (AvgIpc) is 3.06. The third-order valence-corrected chi connectivity index (χ3v) is 2.84. The van der Waals surface area contributed by atoms with Crippen molar-refractivity contribution in [3.05, 3.63) is 54.8 Å². The van der Waals surface area contributed by atoms with Crippen molar-refractivity contribution in [3.63, 3.8) is 0 Å². The maximum Gasteiger partial charge on any atom is 0.160 e. The summed E-state index contributed by atoms with van der Waals surface area (Å²) in [6.45, 7) is 5.05. The van der Waals surface area contributed by atoms with Gasteiger partial charge in [0.25, 0.3) is 0 Å². The first kappa shape index (κ1) is 11.6. The molecule has 0 aliphatic rings. The van der Waals surface area contributed by atoms with Gasteiger partial charge in [-0.05, 0) is 12.1 Å². The SMILES string of the molecule is C=Cn1cc(CNCc2nnc3ccccn23)cn1. The largest absolute Gasteiger partial charge is 0.306 e. The van der Waals surface area contributed by atoms with E-state index in [4.69, 9.17) is 0 Å². The van der Waals surface area contributed by atoms with E-state index in [9.17, 15) is 0 Å². The van der Waals surface area contributed by atoms with Gasteiger partial charge in [-0.2, -0.15) is 5.10 Å². The second-order valence-electron chi connectivity index (χ2n) is 4.16. The fourth-order valence-electron chi connectivity index (χ4n) is 1.90. The highest BCUT2D eigenvalue weighted by atomic mass is 15.3. The van der Waals surface area contributed by atoms with Crippen LogP contribution >= 0.6 is 0 Å². The second-order valence-corrected chi connectivity index (χ2v) is 4.16. The van der Waals surface area contributed by atoms with E-state index in [2.05, 4.69) is 27.2 Å². The third-order valence-electron chi connectivity index (χ3n) is 2.84. The van der Waals surface area contributed by atoms with Crippen molar-refractivity contribution in [1.29, 1.82) is 0 Å². The fraction of sp³-hybridized carbons (Fsp3) is 0.154. The lowest BCUT2D eigenvalue weighted by Crippen LogP contribution is -2.14. The molecule has 0 unspecified atom stereocenters. The van der Waals surface area contributed by atoms with Crippen LogP contribution in [0, 0.1) is 0 Å². The van der Waals surface area contributed by atoms with E-state index in [0.717, 1.165) is 23.6 Å². The van der Waals surface area contributed by atoms with Crippen molar-refractivity contribution in [2.75, 3.05) is 0 Å². The van der Waals surface area contributed by atoms with E-state index in [0.29, 0.717) is 6.54 Å². The van der Waals surface area contributed by atoms with E-state index in [1.54, 1.807) is 10.9 Å². The van der Waals surface area contributed by atoms with Crippen LogP contribution in [0.3, 0.4) is 0 Å². The highest BCUT2D eigenvalue weighted by molar-refractivity contribution is 5.36. The van der Waals surface area contributed by atoms with E-state index in [-0.39, 0.29) is 0 Å². The molecule has 0 aromatic carbocycles. The molecule has 3 heterocycles. The van der Waals surface area contributed by atoms with Crippen molar-refractivity contribution < 1.29 is 0 Å². The Kier molecular flexibility index (Phi) is 3.07. The minimum atomic E-state index is 0.657. The fourth-order valence-corrected chi connectivity index (χ4v) is 1.90. The van der Waals surface area contributed by atoms with Gasteiger partial charge < -0.3 is 5.32 Å². The molecule has 3 aromatic heterocycles. The van der Waals surface area contributed by atoms with Gasteiger partial charge in [0.15, 0.2) is 11.5 Å². The summed E-state index contributed by atoms with van der Waals surface area (Å²) in [5.74, 6) is 0.895. The average molecular weight is 254 g/mol. The number of nitrogens with one attached hydrogen (secondary N) is 1. The van der Waals surface area contributed by atoms with Crippen LogP contribution < -0.4 is 5.32 Å². The number of nitrogens with zero attached hydrogens (tertiary/aromatic N) is 5. The first-order valence-electron chi connectivity index (χ1n) is 6.02. The van der Waals surface area contributed by atoms with Gasteiger partial charge in [-0.3, -0.25) is 4.40 Å². The molecule has 0 aliphatic carbocycles. The number of fused-ring (bicyclic) bond motifs is 1. The van der Waals surface area contributed by atoms with Gasteiger partial charge in [0.2, 0.25) is 0 Å². The van der Waals surface area contributed by atoms with Gasteiger partial charge in [0.05, 0.1) is 12.7 Å². The van der Waals surface area contributed by atoms with Crippen molar-refractivity contribution in [1.82, 2.24) is 29.7 Å². The Morgan fingerprint density at radius 1 is 1.26 bits per heavy atom. The highest BCUT2D eigenvalue weighted by Crippen LogP contribution is 2.03. The molecule has 6 nitrogen and oxygen atoms in total. The first-order chi connectivity index (χ1) is 9.36. The third kappa shape index (κ3) is 2.38. The summed E-state index contributed by atoms with van der Waals surface area (Å²) >= 11 is 0. The molecule has 0 bridgehead atoms. The molecule has 0 saturated carbocycles. The summed E-state index contributed by atoms with van der Waals surface area (Å²) in [5.41, 5.74) is 1.97. The second kappa shape index (κ2) is 5.03. The van der Waals surface area contributed by atoms with Gasteiger partial charge in [-0.1, -0.05) is 12.6 Å². The number of pyridine rings is 1. The number of rotatable bonds is 5. The summed E-state index contributed by atoms with van der Waals surface area (Å²) < 4.78 is 3.66. The van der Waals surface area contributed by atoms with Crippen LogP contribution in [0.15, 0.2) is 43.4 Å². The number of aromatic nitrogens is 5. The van der Waals surface area contributed by atoms with Gasteiger partial charge in [-0.25, -0.2) is 4.68 Å². The van der Waals surface area contributed by atoms with Crippen LogP contribution in [0.2, 0.25) is 0 Å². The molecule has 3 rings (SSSR count). The maximum absolute atomic E-state index is 4.16. The Morgan fingerprint density at radius 2 is 2.21 bits per heavy atom. The first-order valence-corrected chi connectivity index (χ1v) is 6.02. The normalized spacial score (nSPS) is 10.9. The van der Waals surface area contributed by atoms with Crippen molar-refractivity contribution in [2.24, 2.45) is 0 Å². The number of hydrogen-bond donors (Lipinski definition) is 1. The van der Waals surface area contributed by atoms with E-state index >= 15 is 0 Å². The molecular formula is C13H14N6. The topological polar surface area (TPSA) is 60.0 Å². The summed E-state index contributed by atoms with van der Waals surface area (Å²) in [4.78, 5) is 0. The lowest BCUT2D eigenvalue weighted by Gasteiger charge is -2.01. The highest BCUT2D eigenvalue weighted by Gasteiger charge is 2.04. The van der Waals surface area contributed by atoms with Crippen molar-refractivity contribution in [3.8, 4) is 0 Å². The molecule has 1 N–H and O–H groups in total. The van der Waals surface area contributed by atoms with Crippen LogP contribution in [0.25, 0.3) is 11.8 Å². The minimum absolute atomic E-state index is 0.657. The van der Waals surface area contributed by atoms with Gasteiger partial charge in [0.1, 0.15) is 0 Å². The molecule has 0 radical (unpaired) electrons. The van der Waals surface area contributed by atoms with Crippen molar-refractivity contribution in [2.45, 2.75) is 13.1 Å². The zero-order chi connectivity index (χ0) is 13.1. The summed E-state index contributed by atoms with van der Waals surface area (Å²) in [6, 6.07) is 5.85. The van der Waals surface area contributed by atoms with E-state index < -0.39 is 0 Å². The molecule has 96 valence electrons. The lowest BCUT2D eigenvalue weighted by molar-refractivity contribution is 0.657. The standard InChI is InChI=1S/C13H14N6/c1-2-18-10-11(8-15-18)7-14-9-13-17-16-12-5-3-4-6-19(12)13/h2-6,8,10,14H,1,7,9H2. The Bertz CT molecular complexity index is 696.